The van der Waals surface area contributed by atoms with E-state index in [0.717, 1.165) is 12.3 Å². The van der Waals surface area contributed by atoms with Crippen LogP contribution in [0.1, 0.15) is 46.5 Å². The molecular formula is C12H22N2. The number of hydrogen-bond donors (Lipinski definition) is 0. The van der Waals surface area contributed by atoms with Gasteiger partial charge in [-0.05, 0) is 32.1 Å². The van der Waals surface area contributed by atoms with Crippen LogP contribution in [0, 0.1) is 17.2 Å². The molecule has 1 fully saturated rings. The summed E-state index contributed by atoms with van der Waals surface area (Å²) >= 11 is 0. The number of hydrogen-bond acceptors (Lipinski definition) is 2. The molecule has 0 aliphatic carbocycles. The van der Waals surface area contributed by atoms with E-state index in [0.29, 0.717) is 18.5 Å². The Labute approximate surface area is 87.9 Å². The van der Waals surface area contributed by atoms with Gasteiger partial charge in [-0.2, -0.15) is 5.26 Å². The molecule has 3 unspecified atom stereocenters. The monoisotopic (exact) mass is 194 g/mol. The maximum absolute atomic E-state index is 8.77. The standard InChI is InChI=1S/C12H22N2/c1-4-12(7-8-13)14-9-10(2)5-6-11(14)3/h10-12H,4-7,9H2,1-3H3. The van der Waals surface area contributed by atoms with Gasteiger partial charge in [0, 0.05) is 18.6 Å². The molecule has 0 amide bonds. The molecule has 0 N–H and O–H groups in total. The Morgan fingerprint density at radius 3 is 2.71 bits per heavy atom. The molecule has 1 heterocycles. The summed E-state index contributed by atoms with van der Waals surface area (Å²) in [6.07, 6.45) is 4.43. The van der Waals surface area contributed by atoms with Crippen LogP contribution in [0.3, 0.4) is 0 Å². The summed E-state index contributed by atoms with van der Waals surface area (Å²) in [4.78, 5) is 2.54. The molecular weight excluding hydrogens is 172 g/mol. The molecule has 14 heavy (non-hydrogen) atoms. The van der Waals surface area contributed by atoms with Crippen LogP contribution in [0.2, 0.25) is 0 Å². The predicted molar refractivity (Wildman–Crippen MR) is 58.9 cm³/mol. The van der Waals surface area contributed by atoms with Crippen molar-refractivity contribution in [1.82, 2.24) is 4.90 Å². The number of nitriles is 1. The zero-order valence-corrected chi connectivity index (χ0v) is 9.66. The lowest BCUT2D eigenvalue weighted by molar-refractivity contribution is 0.0764. The van der Waals surface area contributed by atoms with Crippen LogP contribution in [0.15, 0.2) is 0 Å². The summed E-state index contributed by atoms with van der Waals surface area (Å²) in [6.45, 7) is 7.99. The quantitative estimate of drug-likeness (QED) is 0.690. The van der Waals surface area contributed by atoms with Gasteiger partial charge in [0.2, 0.25) is 0 Å². The highest BCUT2D eigenvalue weighted by molar-refractivity contribution is 4.87. The lowest BCUT2D eigenvalue weighted by Gasteiger charge is -2.41. The molecule has 0 aromatic heterocycles. The van der Waals surface area contributed by atoms with E-state index in [1.54, 1.807) is 0 Å². The van der Waals surface area contributed by atoms with Crippen molar-refractivity contribution in [3.05, 3.63) is 0 Å². The molecule has 2 nitrogen and oxygen atoms in total. The van der Waals surface area contributed by atoms with E-state index in [1.807, 2.05) is 0 Å². The smallest absolute Gasteiger partial charge is 0.0638 e. The third kappa shape index (κ3) is 2.72. The van der Waals surface area contributed by atoms with Gasteiger partial charge < -0.3 is 0 Å². The molecule has 1 saturated heterocycles. The molecule has 0 radical (unpaired) electrons. The van der Waals surface area contributed by atoms with Gasteiger partial charge in [0.15, 0.2) is 0 Å². The number of nitrogens with zero attached hydrogens (tertiary/aromatic N) is 2. The summed E-state index contributed by atoms with van der Waals surface area (Å²) in [5.74, 6) is 0.805. The van der Waals surface area contributed by atoms with Gasteiger partial charge in [0.05, 0.1) is 12.5 Å². The maximum atomic E-state index is 8.77. The van der Waals surface area contributed by atoms with Crippen LogP contribution in [0.25, 0.3) is 0 Å². The minimum atomic E-state index is 0.484. The number of piperidine rings is 1. The van der Waals surface area contributed by atoms with Gasteiger partial charge in [-0.3, -0.25) is 4.90 Å². The number of likely N-dealkylation sites (tertiary alicyclic amines) is 1. The highest BCUT2D eigenvalue weighted by Crippen LogP contribution is 2.25. The molecule has 0 aromatic rings. The minimum absolute atomic E-state index is 0.484. The van der Waals surface area contributed by atoms with E-state index in [4.69, 9.17) is 5.26 Å². The Morgan fingerprint density at radius 2 is 2.14 bits per heavy atom. The molecule has 1 aliphatic rings. The molecule has 1 rings (SSSR count). The molecule has 1 aliphatic heterocycles. The van der Waals surface area contributed by atoms with Gasteiger partial charge in [0.1, 0.15) is 0 Å². The molecule has 0 saturated carbocycles. The summed E-state index contributed by atoms with van der Waals surface area (Å²) in [5, 5.41) is 8.77. The van der Waals surface area contributed by atoms with Gasteiger partial charge in [-0.25, -0.2) is 0 Å². The van der Waals surface area contributed by atoms with E-state index in [2.05, 4.69) is 31.7 Å². The molecule has 0 spiro atoms. The largest absolute Gasteiger partial charge is 0.296 e. The van der Waals surface area contributed by atoms with Crippen molar-refractivity contribution in [3.63, 3.8) is 0 Å². The summed E-state index contributed by atoms with van der Waals surface area (Å²) < 4.78 is 0. The molecule has 0 aromatic carbocycles. The fourth-order valence-corrected chi connectivity index (χ4v) is 2.43. The number of rotatable bonds is 3. The third-order valence-electron chi connectivity index (χ3n) is 3.43. The summed E-state index contributed by atoms with van der Waals surface area (Å²) in [6, 6.07) is 3.46. The first-order valence-electron chi connectivity index (χ1n) is 5.81. The van der Waals surface area contributed by atoms with Crippen molar-refractivity contribution in [3.8, 4) is 6.07 Å². The minimum Gasteiger partial charge on any atom is -0.296 e. The molecule has 3 atom stereocenters. The Bertz CT molecular complexity index is 207. The van der Waals surface area contributed by atoms with Crippen molar-refractivity contribution in [2.75, 3.05) is 6.54 Å². The Balaban J connectivity index is 2.58. The van der Waals surface area contributed by atoms with Crippen LogP contribution < -0.4 is 0 Å². The van der Waals surface area contributed by atoms with E-state index < -0.39 is 0 Å². The normalized spacial score (nSPS) is 31.0. The zero-order valence-electron chi connectivity index (χ0n) is 9.66. The summed E-state index contributed by atoms with van der Waals surface area (Å²) in [5.41, 5.74) is 0. The predicted octanol–water partition coefficient (Wildman–Crippen LogP) is 2.80. The summed E-state index contributed by atoms with van der Waals surface area (Å²) in [7, 11) is 0. The van der Waals surface area contributed by atoms with Crippen LogP contribution >= 0.6 is 0 Å². The van der Waals surface area contributed by atoms with E-state index in [9.17, 15) is 0 Å². The first-order valence-corrected chi connectivity index (χ1v) is 5.81. The van der Waals surface area contributed by atoms with Crippen LogP contribution in [-0.2, 0) is 0 Å². The zero-order chi connectivity index (χ0) is 10.6. The topological polar surface area (TPSA) is 27.0 Å². The highest BCUT2D eigenvalue weighted by atomic mass is 15.2. The van der Waals surface area contributed by atoms with Crippen LogP contribution in [0.4, 0.5) is 0 Å². The molecule has 0 bridgehead atoms. The first kappa shape index (κ1) is 11.5. The van der Waals surface area contributed by atoms with Crippen LogP contribution in [-0.4, -0.2) is 23.5 Å². The van der Waals surface area contributed by atoms with E-state index in [-0.39, 0.29) is 0 Å². The van der Waals surface area contributed by atoms with E-state index >= 15 is 0 Å². The van der Waals surface area contributed by atoms with Crippen molar-refractivity contribution in [2.24, 2.45) is 5.92 Å². The second kappa shape index (κ2) is 5.36. The van der Waals surface area contributed by atoms with Crippen molar-refractivity contribution < 1.29 is 0 Å². The average Bonchev–Trinajstić information content (AvgIpc) is 2.18. The van der Waals surface area contributed by atoms with Gasteiger partial charge in [0.25, 0.3) is 0 Å². The fraction of sp³-hybridized carbons (Fsp3) is 0.917. The van der Waals surface area contributed by atoms with Gasteiger partial charge in [-0.1, -0.05) is 13.8 Å². The van der Waals surface area contributed by atoms with Gasteiger partial charge in [-0.15, -0.1) is 0 Å². The highest BCUT2D eigenvalue weighted by Gasteiger charge is 2.27. The Morgan fingerprint density at radius 1 is 1.43 bits per heavy atom. The third-order valence-corrected chi connectivity index (χ3v) is 3.43. The molecule has 2 heteroatoms. The van der Waals surface area contributed by atoms with E-state index in [1.165, 1.54) is 19.4 Å². The Hall–Kier alpha value is -0.550. The van der Waals surface area contributed by atoms with Gasteiger partial charge >= 0.3 is 0 Å². The van der Waals surface area contributed by atoms with Crippen molar-refractivity contribution in [2.45, 2.75) is 58.5 Å². The maximum Gasteiger partial charge on any atom is 0.0638 e. The van der Waals surface area contributed by atoms with Crippen molar-refractivity contribution in [1.29, 1.82) is 5.26 Å². The Kier molecular flexibility index (Phi) is 4.41. The SMILES string of the molecule is CCC(CC#N)N1CC(C)CCC1C. The molecule has 80 valence electrons. The van der Waals surface area contributed by atoms with Crippen LogP contribution in [0.5, 0.6) is 0 Å². The first-order chi connectivity index (χ1) is 6.69. The lowest BCUT2D eigenvalue weighted by Crippen LogP contribution is -2.47. The second-order valence-electron chi connectivity index (χ2n) is 4.65. The second-order valence-corrected chi connectivity index (χ2v) is 4.65. The lowest BCUT2D eigenvalue weighted by atomic mass is 9.92. The average molecular weight is 194 g/mol. The fourth-order valence-electron chi connectivity index (χ4n) is 2.43. The van der Waals surface area contributed by atoms with Crippen molar-refractivity contribution >= 4 is 0 Å².